The molecule has 0 unspecified atom stereocenters. The van der Waals surface area contributed by atoms with Crippen molar-refractivity contribution in [3.8, 4) is 5.75 Å². The fraction of sp³-hybridized carbons (Fsp3) is 0.235. The van der Waals surface area contributed by atoms with E-state index in [1.807, 2.05) is 74.5 Å². The first kappa shape index (κ1) is 32.2. The van der Waals surface area contributed by atoms with Crippen LogP contribution >= 0.6 is 0 Å². The molecule has 2 amide bonds. The number of rotatable bonds is 14. The van der Waals surface area contributed by atoms with Gasteiger partial charge in [-0.25, -0.2) is 12.8 Å². The monoisotopic (exact) mass is 617 g/mol. The van der Waals surface area contributed by atoms with Crippen molar-refractivity contribution in [2.24, 2.45) is 5.92 Å². The first-order valence-corrected chi connectivity index (χ1v) is 15.8. The Morgan fingerprint density at radius 1 is 0.818 bits per heavy atom. The summed E-state index contributed by atoms with van der Waals surface area (Å²) in [5.41, 5.74) is 1.99. The number of amides is 2. The number of benzene rings is 4. The number of hydrogen-bond acceptors (Lipinski definition) is 5. The number of nitrogens with one attached hydrogen (secondary N) is 2. The first-order chi connectivity index (χ1) is 21.1. The predicted molar refractivity (Wildman–Crippen MR) is 168 cm³/mol. The number of carbonyl (C=O) groups excluding carboxylic acids is 2. The number of ether oxygens (including phenoxy) is 1. The highest BCUT2D eigenvalue weighted by Crippen LogP contribution is 2.21. The summed E-state index contributed by atoms with van der Waals surface area (Å²) in [6, 6.07) is 28.7. The third kappa shape index (κ3) is 9.40. The van der Waals surface area contributed by atoms with Gasteiger partial charge in [-0.3, -0.25) is 14.3 Å². The number of halogens is 1. The zero-order valence-corrected chi connectivity index (χ0v) is 25.5. The Morgan fingerprint density at radius 3 is 2.00 bits per heavy atom. The van der Waals surface area contributed by atoms with E-state index in [9.17, 15) is 22.4 Å². The minimum Gasteiger partial charge on any atom is -0.484 e. The molecule has 0 bridgehead atoms. The summed E-state index contributed by atoms with van der Waals surface area (Å²) in [7, 11) is -3.93. The van der Waals surface area contributed by atoms with Gasteiger partial charge >= 0.3 is 0 Å². The van der Waals surface area contributed by atoms with Crippen LogP contribution in [0.4, 0.5) is 10.1 Å². The van der Waals surface area contributed by atoms with E-state index in [1.165, 1.54) is 41.3 Å². The Kier molecular flexibility index (Phi) is 11.1. The van der Waals surface area contributed by atoms with Gasteiger partial charge in [0.2, 0.25) is 5.91 Å². The highest BCUT2D eigenvalue weighted by Gasteiger charge is 2.30. The van der Waals surface area contributed by atoms with E-state index >= 15 is 0 Å². The van der Waals surface area contributed by atoms with Gasteiger partial charge in [0.05, 0.1) is 4.90 Å². The van der Waals surface area contributed by atoms with E-state index < -0.39 is 27.8 Å². The van der Waals surface area contributed by atoms with Crippen LogP contribution in [-0.2, 0) is 32.6 Å². The van der Waals surface area contributed by atoms with Crippen molar-refractivity contribution >= 4 is 27.5 Å². The van der Waals surface area contributed by atoms with Gasteiger partial charge in [-0.1, -0.05) is 74.5 Å². The van der Waals surface area contributed by atoms with Crippen LogP contribution in [0.25, 0.3) is 0 Å². The van der Waals surface area contributed by atoms with Gasteiger partial charge in [-0.15, -0.1) is 0 Å². The van der Waals surface area contributed by atoms with E-state index in [2.05, 4.69) is 10.0 Å². The minimum atomic E-state index is -3.93. The second-order valence-electron chi connectivity index (χ2n) is 10.7. The Labute approximate surface area is 257 Å². The fourth-order valence-corrected chi connectivity index (χ4v) is 5.49. The second-order valence-corrected chi connectivity index (χ2v) is 12.4. The number of carbonyl (C=O) groups is 2. The Hall–Kier alpha value is -4.70. The molecular formula is C34H36FN3O5S. The van der Waals surface area contributed by atoms with Crippen molar-refractivity contribution in [1.29, 1.82) is 0 Å². The Balaban J connectivity index is 1.51. The molecule has 0 aliphatic rings. The van der Waals surface area contributed by atoms with Crippen LogP contribution in [0.15, 0.2) is 114 Å². The molecule has 2 N–H and O–H groups in total. The molecule has 4 aromatic rings. The standard InChI is InChI=1S/C34H36FN3O5S/c1-25(2)22-36-34(40)32(21-26-9-5-3-6-10-26)38(23-27-11-7-4-8-12-27)33(39)24-43-30-17-19-31(20-18-30)44(41,42)37-29-15-13-28(35)14-16-29/h3-20,25,32,37H,21-24H2,1-2H3,(H,36,40)/t32-/m1/s1. The molecule has 1 atom stereocenters. The topological polar surface area (TPSA) is 105 Å². The molecule has 0 saturated heterocycles. The largest absolute Gasteiger partial charge is 0.484 e. The third-order valence-electron chi connectivity index (χ3n) is 6.74. The summed E-state index contributed by atoms with van der Waals surface area (Å²) in [6.45, 7) is 4.31. The Morgan fingerprint density at radius 2 is 1.41 bits per heavy atom. The number of nitrogens with zero attached hydrogens (tertiary/aromatic N) is 1. The highest BCUT2D eigenvalue weighted by atomic mass is 32.2. The summed E-state index contributed by atoms with van der Waals surface area (Å²) >= 11 is 0. The van der Waals surface area contributed by atoms with Crippen LogP contribution in [0.2, 0.25) is 0 Å². The van der Waals surface area contributed by atoms with Crippen LogP contribution in [0.1, 0.15) is 25.0 Å². The average Bonchev–Trinajstić information content (AvgIpc) is 3.02. The van der Waals surface area contributed by atoms with E-state index in [1.54, 1.807) is 0 Å². The molecule has 44 heavy (non-hydrogen) atoms. The predicted octanol–water partition coefficient (Wildman–Crippen LogP) is 5.42. The van der Waals surface area contributed by atoms with Crippen molar-refractivity contribution in [3.63, 3.8) is 0 Å². The van der Waals surface area contributed by atoms with Crippen LogP contribution in [0.5, 0.6) is 5.75 Å². The molecule has 0 saturated carbocycles. The van der Waals surface area contributed by atoms with Gasteiger partial charge in [0.15, 0.2) is 6.61 Å². The molecule has 0 radical (unpaired) electrons. The zero-order valence-electron chi connectivity index (χ0n) is 24.7. The maximum absolute atomic E-state index is 13.7. The first-order valence-electron chi connectivity index (χ1n) is 14.3. The number of anilines is 1. The third-order valence-corrected chi connectivity index (χ3v) is 8.14. The Bertz CT molecular complexity index is 1620. The van der Waals surface area contributed by atoms with E-state index in [4.69, 9.17) is 4.74 Å². The highest BCUT2D eigenvalue weighted by molar-refractivity contribution is 7.92. The maximum Gasteiger partial charge on any atom is 0.261 e. The summed E-state index contributed by atoms with van der Waals surface area (Å²) < 4.78 is 46.9. The van der Waals surface area contributed by atoms with Crippen molar-refractivity contribution in [1.82, 2.24) is 10.2 Å². The molecule has 4 aromatic carbocycles. The molecule has 0 spiro atoms. The van der Waals surface area contributed by atoms with Gasteiger partial charge in [0.25, 0.3) is 15.9 Å². The quantitative estimate of drug-likeness (QED) is 0.197. The van der Waals surface area contributed by atoms with E-state index in [0.717, 1.165) is 23.3 Å². The smallest absolute Gasteiger partial charge is 0.261 e. The molecule has 0 fully saturated rings. The molecule has 0 aliphatic carbocycles. The van der Waals surface area contributed by atoms with E-state index in [0.29, 0.717) is 13.0 Å². The number of sulfonamides is 1. The lowest BCUT2D eigenvalue weighted by molar-refractivity contribution is -0.142. The molecule has 8 nitrogen and oxygen atoms in total. The maximum atomic E-state index is 13.7. The van der Waals surface area contributed by atoms with Crippen molar-refractivity contribution in [2.45, 2.75) is 37.8 Å². The van der Waals surface area contributed by atoms with Gasteiger partial charge in [0.1, 0.15) is 17.6 Å². The molecular weight excluding hydrogens is 581 g/mol. The van der Waals surface area contributed by atoms with Crippen molar-refractivity contribution < 1.29 is 27.1 Å². The van der Waals surface area contributed by atoms with Gasteiger partial charge in [-0.05, 0) is 65.6 Å². The summed E-state index contributed by atoms with van der Waals surface area (Å²) in [4.78, 5) is 28.8. The van der Waals surface area contributed by atoms with Gasteiger partial charge in [0, 0.05) is 25.2 Å². The molecule has 0 aliphatic heterocycles. The fourth-order valence-electron chi connectivity index (χ4n) is 4.43. The van der Waals surface area contributed by atoms with Gasteiger partial charge < -0.3 is 15.0 Å². The second kappa shape index (κ2) is 15.2. The van der Waals surface area contributed by atoms with Crippen LogP contribution in [0.3, 0.4) is 0 Å². The molecule has 4 rings (SSSR count). The molecule has 10 heteroatoms. The molecule has 0 heterocycles. The molecule has 0 aromatic heterocycles. The lowest BCUT2D eigenvalue weighted by Gasteiger charge is -2.31. The zero-order chi connectivity index (χ0) is 31.5. The van der Waals surface area contributed by atoms with Crippen LogP contribution < -0.4 is 14.8 Å². The lowest BCUT2D eigenvalue weighted by atomic mass is 10.0. The summed E-state index contributed by atoms with van der Waals surface area (Å²) in [5.74, 6) is -0.619. The molecule has 230 valence electrons. The average molecular weight is 618 g/mol. The van der Waals surface area contributed by atoms with Gasteiger partial charge in [-0.2, -0.15) is 0 Å². The minimum absolute atomic E-state index is 0.0315. The van der Waals surface area contributed by atoms with E-state index in [-0.39, 0.29) is 41.3 Å². The van der Waals surface area contributed by atoms with Crippen LogP contribution in [0, 0.1) is 11.7 Å². The van der Waals surface area contributed by atoms with Crippen molar-refractivity contribution in [2.75, 3.05) is 17.9 Å². The van der Waals surface area contributed by atoms with Crippen molar-refractivity contribution in [3.05, 3.63) is 126 Å². The normalized spacial score (nSPS) is 11.9. The SMILES string of the molecule is CC(C)CNC(=O)[C@@H](Cc1ccccc1)N(Cc1ccccc1)C(=O)COc1ccc(S(=O)(=O)Nc2ccc(F)cc2)cc1. The van der Waals surface area contributed by atoms with Crippen LogP contribution in [-0.4, -0.2) is 44.3 Å². The lowest BCUT2D eigenvalue weighted by Crippen LogP contribution is -2.52. The summed E-state index contributed by atoms with van der Waals surface area (Å²) in [6.07, 6.45) is 0.316. The number of hydrogen-bond donors (Lipinski definition) is 2. The summed E-state index contributed by atoms with van der Waals surface area (Å²) in [5, 5.41) is 2.98.